The molecule has 0 amide bonds. The van der Waals surface area contributed by atoms with Crippen molar-refractivity contribution in [2.45, 2.75) is 33.6 Å². The minimum Gasteiger partial charge on any atom is -0.118 e. The van der Waals surface area contributed by atoms with Crippen LogP contribution in [0, 0.1) is 11.3 Å². The lowest BCUT2D eigenvalue weighted by molar-refractivity contribution is 0.577. The molecule has 49 valence electrons. The van der Waals surface area contributed by atoms with E-state index in [9.17, 15) is 0 Å². The minimum atomic E-state index is 0.781. The maximum atomic E-state index is 5.64. The van der Waals surface area contributed by atoms with E-state index in [0.717, 1.165) is 17.7 Å². The summed E-state index contributed by atoms with van der Waals surface area (Å²) in [4.78, 5) is 0. The molecule has 0 unspecified atom stereocenters. The Morgan fingerprint density at radius 1 is 1.50 bits per heavy atom. The molecule has 1 radical (unpaired) electrons. The molecule has 0 aromatic heterocycles. The van der Waals surface area contributed by atoms with Crippen molar-refractivity contribution < 1.29 is 0 Å². The van der Waals surface area contributed by atoms with E-state index in [0.29, 0.717) is 0 Å². The first kappa shape index (κ1) is 8.29. The van der Waals surface area contributed by atoms with Gasteiger partial charge < -0.3 is 0 Å². The zero-order valence-corrected chi connectivity index (χ0v) is 6.63. The van der Waals surface area contributed by atoms with Crippen LogP contribution in [-0.2, 0) is 0 Å². The lowest BCUT2D eigenvalue weighted by atomic mass is 10.1. The molecule has 0 heterocycles. The van der Waals surface area contributed by atoms with E-state index in [-0.39, 0.29) is 0 Å². The molecular weight excluding hydrogens is 120 g/mol. The molecular formula is C7H14Cl. The topological polar surface area (TPSA) is 0 Å². The Morgan fingerprint density at radius 3 is 2.12 bits per heavy atom. The first-order chi connectivity index (χ1) is 3.63. The zero-order chi connectivity index (χ0) is 6.57. The van der Waals surface area contributed by atoms with Gasteiger partial charge in [-0.2, -0.15) is 0 Å². The van der Waals surface area contributed by atoms with E-state index in [1.165, 1.54) is 6.42 Å². The van der Waals surface area contributed by atoms with Crippen LogP contribution in [-0.4, -0.2) is 0 Å². The summed E-state index contributed by atoms with van der Waals surface area (Å²) in [5.74, 6) is 0.781. The van der Waals surface area contributed by atoms with E-state index in [1.54, 1.807) is 0 Å². The maximum Gasteiger partial charge on any atom is 0.0607 e. The van der Waals surface area contributed by atoms with Gasteiger partial charge in [-0.3, -0.25) is 0 Å². The van der Waals surface area contributed by atoms with Gasteiger partial charge in [-0.25, -0.2) is 0 Å². The highest BCUT2D eigenvalue weighted by Gasteiger charge is 1.98. The SMILES string of the molecule is C[C](Cl)CCC(C)C. The third-order valence-corrected chi connectivity index (χ3v) is 1.26. The molecule has 0 N–H and O–H groups in total. The summed E-state index contributed by atoms with van der Waals surface area (Å²) in [5, 5.41) is 1.03. The van der Waals surface area contributed by atoms with Crippen LogP contribution in [0.4, 0.5) is 0 Å². The van der Waals surface area contributed by atoms with E-state index in [2.05, 4.69) is 13.8 Å². The van der Waals surface area contributed by atoms with Crippen LogP contribution in [0.15, 0.2) is 0 Å². The van der Waals surface area contributed by atoms with Gasteiger partial charge in [0.1, 0.15) is 0 Å². The molecule has 0 saturated heterocycles. The first-order valence-electron chi connectivity index (χ1n) is 3.11. The molecule has 0 spiro atoms. The molecule has 0 nitrogen and oxygen atoms in total. The Bertz CT molecular complexity index is 40.3. The van der Waals surface area contributed by atoms with Gasteiger partial charge in [0.25, 0.3) is 0 Å². The Morgan fingerprint density at radius 2 is 2.00 bits per heavy atom. The summed E-state index contributed by atoms with van der Waals surface area (Å²) >= 11 is 5.64. The fourth-order valence-corrected chi connectivity index (χ4v) is 0.597. The molecule has 0 fully saturated rings. The van der Waals surface area contributed by atoms with E-state index in [4.69, 9.17) is 11.6 Å². The van der Waals surface area contributed by atoms with Crippen molar-refractivity contribution in [3.05, 3.63) is 5.38 Å². The lowest BCUT2D eigenvalue weighted by Crippen LogP contribution is -1.88. The highest BCUT2D eigenvalue weighted by Crippen LogP contribution is 2.15. The molecule has 0 bridgehead atoms. The Balaban J connectivity index is 2.93. The molecule has 0 aromatic rings. The smallest absolute Gasteiger partial charge is 0.0607 e. The van der Waals surface area contributed by atoms with E-state index >= 15 is 0 Å². The van der Waals surface area contributed by atoms with Crippen LogP contribution in [0.25, 0.3) is 0 Å². The Labute approximate surface area is 57.2 Å². The van der Waals surface area contributed by atoms with Gasteiger partial charge in [-0.15, -0.1) is 11.6 Å². The van der Waals surface area contributed by atoms with Crippen LogP contribution in [0.1, 0.15) is 33.6 Å². The van der Waals surface area contributed by atoms with Crippen molar-refractivity contribution in [1.29, 1.82) is 0 Å². The normalized spacial score (nSPS) is 11.2. The van der Waals surface area contributed by atoms with Gasteiger partial charge in [0.15, 0.2) is 0 Å². The van der Waals surface area contributed by atoms with Crippen LogP contribution in [0.3, 0.4) is 0 Å². The third kappa shape index (κ3) is 6.29. The summed E-state index contributed by atoms with van der Waals surface area (Å²) < 4.78 is 0. The van der Waals surface area contributed by atoms with Crippen molar-refractivity contribution in [2.24, 2.45) is 5.92 Å². The lowest BCUT2D eigenvalue weighted by Gasteiger charge is -2.03. The standard InChI is InChI=1S/C7H14Cl/c1-6(2)4-5-7(3)8/h6H,4-5H2,1-3H3. The molecule has 0 saturated carbocycles. The van der Waals surface area contributed by atoms with Crippen molar-refractivity contribution in [3.63, 3.8) is 0 Å². The maximum absolute atomic E-state index is 5.64. The molecule has 8 heavy (non-hydrogen) atoms. The predicted octanol–water partition coefficient (Wildman–Crippen LogP) is 3.21. The van der Waals surface area contributed by atoms with Gasteiger partial charge >= 0.3 is 0 Å². The predicted molar refractivity (Wildman–Crippen MR) is 38.8 cm³/mol. The molecule has 0 aliphatic carbocycles. The zero-order valence-electron chi connectivity index (χ0n) is 5.87. The summed E-state index contributed by atoms with van der Waals surface area (Å²) in [6.45, 7) is 6.38. The largest absolute Gasteiger partial charge is 0.118 e. The van der Waals surface area contributed by atoms with E-state index in [1.807, 2.05) is 6.92 Å². The quantitative estimate of drug-likeness (QED) is 0.555. The summed E-state index contributed by atoms with van der Waals surface area (Å²) in [6, 6.07) is 0. The van der Waals surface area contributed by atoms with Crippen LogP contribution in [0.5, 0.6) is 0 Å². The van der Waals surface area contributed by atoms with Crippen molar-refractivity contribution in [1.82, 2.24) is 0 Å². The third-order valence-electron chi connectivity index (χ3n) is 1.07. The Hall–Kier alpha value is 0.290. The van der Waals surface area contributed by atoms with Crippen LogP contribution < -0.4 is 0 Å². The molecule has 0 aliphatic heterocycles. The van der Waals surface area contributed by atoms with Crippen LogP contribution >= 0.6 is 11.6 Å². The Kier molecular flexibility index (Phi) is 4.35. The summed E-state index contributed by atoms with van der Waals surface area (Å²) in [7, 11) is 0. The minimum absolute atomic E-state index is 0.781. The van der Waals surface area contributed by atoms with Crippen LogP contribution in [0.2, 0.25) is 0 Å². The fourth-order valence-electron chi connectivity index (χ4n) is 0.488. The monoisotopic (exact) mass is 133 g/mol. The summed E-state index contributed by atoms with van der Waals surface area (Å²) in [6.07, 6.45) is 2.29. The second-order valence-corrected chi connectivity index (χ2v) is 3.25. The molecule has 0 aliphatic rings. The number of hydrogen-bond acceptors (Lipinski definition) is 0. The van der Waals surface area contributed by atoms with Crippen molar-refractivity contribution >= 4 is 11.6 Å². The number of rotatable bonds is 3. The second kappa shape index (κ2) is 4.20. The van der Waals surface area contributed by atoms with Gasteiger partial charge in [0, 0.05) is 0 Å². The van der Waals surface area contributed by atoms with Gasteiger partial charge in [-0.05, 0) is 25.7 Å². The van der Waals surface area contributed by atoms with Gasteiger partial charge in [0.05, 0.1) is 5.38 Å². The fraction of sp³-hybridized carbons (Fsp3) is 0.857. The molecule has 0 atom stereocenters. The van der Waals surface area contributed by atoms with Gasteiger partial charge in [0.2, 0.25) is 0 Å². The van der Waals surface area contributed by atoms with Crippen molar-refractivity contribution in [2.75, 3.05) is 0 Å². The van der Waals surface area contributed by atoms with Gasteiger partial charge in [-0.1, -0.05) is 13.8 Å². The van der Waals surface area contributed by atoms with E-state index < -0.39 is 0 Å². The first-order valence-corrected chi connectivity index (χ1v) is 3.48. The second-order valence-electron chi connectivity index (χ2n) is 2.61. The molecule has 1 heteroatoms. The number of hydrogen-bond donors (Lipinski definition) is 0. The summed E-state index contributed by atoms with van der Waals surface area (Å²) in [5.41, 5.74) is 0. The highest BCUT2D eigenvalue weighted by atomic mass is 35.5. The molecule has 0 aromatic carbocycles. The molecule has 0 rings (SSSR count). The highest BCUT2D eigenvalue weighted by molar-refractivity contribution is 6.26. The average molecular weight is 134 g/mol. The average Bonchev–Trinajstić information content (AvgIpc) is 1.61. The number of halogens is 1. The van der Waals surface area contributed by atoms with Crippen molar-refractivity contribution in [3.8, 4) is 0 Å².